The smallest absolute Gasteiger partial charge is 0.191 e. The Balaban J connectivity index is 1.75. The van der Waals surface area contributed by atoms with E-state index in [1.807, 2.05) is 12.1 Å². The van der Waals surface area contributed by atoms with E-state index in [4.69, 9.17) is 0 Å². The molecule has 2 aromatic carbocycles. The van der Waals surface area contributed by atoms with Crippen molar-refractivity contribution in [3.8, 4) is 0 Å². The molecule has 0 aliphatic carbocycles. The van der Waals surface area contributed by atoms with Gasteiger partial charge < -0.3 is 15.5 Å². The van der Waals surface area contributed by atoms with E-state index in [0.29, 0.717) is 0 Å². The van der Waals surface area contributed by atoms with Crippen LogP contribution < -0.4 is 10.6 Å². The summed E-state index contributed by atoms with van der Waals surface area (Å²) in [7, 11) is 5.89. The van der Waals surface area contributed by atoms with Crippen molar-refractivity contribution in [2.24, 2.45) is 4.99 Å². The quantitative estimate of drug-likeness (QED) is 0.600. The Labute approximate surface area is 149 Å². The van der Waals surface area contributed by atoms with E-state index in [1.54, 1.807) is 7.05 Å². The molecule has 0 unspecified atom stereocenters. The van der Waals surface area contributed by atoms with E-state index in [1.165, 1.54) is 23.3 Å². The molecule has 2 aromatic rings. The summed E-state index contributed by atoms with van der Waals surface area (Å²) in [5.74, 6) is 0.560. The second-order valence-electron chi connectivity index (χ2n) is 6.28. The number of hydrogen-bond donors (Lipinski definition) is 2. The van der Waals surface area contributed by atoms with Crippen molar-refractivity contribution < 1.29 is 4.39 Å². The third-order valence-electron chi connectivity index (χ3n) is 3.82. The number of hydrogen-bond acceptors (Lipinski definition) is 2. The molecule has 0 spiro atoms. The first-order valence-corrected chi connectivity index (χ1v) is 8.48. The molecule has 0 amide bonds. The van der Waals surface area contributed by atoms with Crippen LogP contribution in [0, 0.1) is 5.82 Å². The maximum Gasteiger partial charge on any atom is 0.191 e. The highest BCUT2D eigenvalue weighted by molar-refractivity contribution is 5.79. The van der Waals surface area contributed by atoms with Gasteiger partial charge in [0.2, 0.25) is 0 Å². The maximum absolute atomic E-state index is 12.9. The predicted molar refractivity (Wildman–Crippen MR) is 102 cm³/mol. The molecule has 0 atom stereocenters. The average molecular weight is 342 g/mol. The van der Waals surface area contributed by atoms with Crippen molar-refractivity contribution in [3.05, 3.63) is 71.0 Å². The number of aliphatic imine (C=N–C) groups is 1. The van der Waals surface area contributed by atoms with Crippen molar-refractivity contribution in [1.29, 1.82) is 0 Å². The van der Waals surface area contributed by atoms with Gasteiger partial charge in [0.1, 0.15) is 5.82 Å². The monoisotopic (exact) mass is 342 g/mol. The third kappa shape index (κ3) is 6.93. The summed E-state index contributed by atoms with van der Waals surface area (Å²) in [4.78, 5) is 6.39. The standard InChI is InChI=1S/C20H27FN4/c1-22-20(23-13-12-16-8-10-19(21)11-9-16)24-14-17-4-6-18(7-5-17)15-25(2)3/h4-11H,12-15H2,1-3H3,(H2,22,23,24). The fraction of sp³-hybridized carbons (Fsp3) is 0.350. The summed E-state index contributed by atoms with van der Waals surface area (Å²) in [6, 6.07) is 15.2. The van der Waals surface area contributed by atoms with E-state index >= 15 is 0 Å². The Morgan fingerprint density at radius 3 is 2.12 bits per heavy atom. The largest absolute Gasteiger partial charge is 0.356 e. The number of benzene rings is 2. The van der Waals surface area contributed by atoms with Crippen LogP contribution in [0.5, 0.6) is 0 Å². The fourth-order valence-corrected chi connectivity index (χ4v) is 2.51. The van der Waals surface area contributed by atoms with Crippen LogP contribution in [0.4, 0.5) is 4.39 Å². The SMILES string of the molecule is CN=C(NCCc1ccc(F)cc1)NCc1ccc(CN(C)C)cc1. The molecule has 2 rings (SSSR count). The van der Waals surface area contributed by atoms with Crippen LogP contribution in [0.25, 0.3) is 0 Å². The van der Waals surface area contributed by atoms with Crippen LogP contribution in [-0.4, -0.2) is 38.5 Å². The van der Waals surface area contributed by atoms with Gasteiger partial charge in [-0.15, -0.1) is 0 Å². The minimum absolute atomic E-state index is 0.203. The molecule has 0 bridgehead atoms. The van der Waals surface area contributed by atoms with E-state index in [-0.39, 0.29) is 5.82 Å². The van der Waals surface area contributed by atoms with Crippen molar-refractivity contribution >= 4 is 5.96 Å². The molecule has 134 valence electrons. The zero-order chi connectivity index (χ0) is 18.1. The molecule has 5 heteroatoms. The summed E-state index contributed by atoms with van der Waals surface area (Å²) in [6.07, 6.45) is 0.820. The number of nitrogens with zero attached hydrogens (tertiary/aromatic N) is 2. The van der Waals surface area contributed by atoms with Crippen LogP contribution in [0.15, 0.2) is 53.5 Å². The second kappa shape index (κ2) is 9.79. The van der Waals surface area contributed by atoms with Crippen LogP contribution in [0.1, 0.15) is 16.7 Å². The van der Waals surface area contributed by atoms with Gasteiger partial charge in [0.05, 0.1) is 0 Å². The molecule has 2 N–H and O–H groups in total. The molecular formula is C20H27FN4. The van der Waals surface area contributed by atoms with Crippen molar-refractivity contribution in [2.45, 2.75) is 19.5 Å². The first-order chi connectivity index (χ1) is 12.1. The molecule has 0 aliphatic heterocycles. The minimum atomic E-state index is -0.203. The Bertz CT molecular complexity index is 663. The highest BCUT2D eigenvalue weighted by atomic mass is 19.1. The highest BCUT2D eigenvalue weighted by Crippen LogP contribution is 2.06. The fourth-order valence-electron chi connectivity index (χ4n) is 2.51. The number of halogens is 1. The zero-order valence-electron chi connectivity index (χ0n) is 15.2. The second-order valence-corrected chi connectivity index (χ2v) is 6.28. The lowest BCUT2D eigenvalue weighted by Crippen LogP contribution is -2.37. The van der Waals surface area contributed by atoms with Crippen LogP contribution in [-0.2, 0) is 19.5 Å². The Kier molecular flexibility index (Phi) is 7.41. The number of nitrogens with one attached hydrogen (secondary N) is 2. The minimum Gasteiger partial charge on any atom is -0.356 e. The van der Waals surface area contributed by atoms with Gasteiger partial charge in [0, 0.05) is 26.7 Å². The normalized spacial score (nSPS) is 11.6. The summed E-state index contributed by atoms with van der Waals surface area (Å²) in [5.41, 5.74) is 3.61. The molecule has 0 saturated heterocycles. The Hall–Kier alpha value is -2.40. The van der Waals surface area contributed by atoms with Gasteiger partial charge in [-0.25, -0.2) is 4.39 Å². The van der Waals surface area contributed by atoms with Gasteiger partial charge >= 0.3 is 0 Å². The molecule has 0 fully saturated rings. The molecular weight excluding hydrogens is 315 g/mol. The summed E-state index contributed by atoms with van der Waals surface area (Å²) in [6.45, 7) is 2.41. The lowest BCUT2D eigenvalue weighted by Gasteiger charge is -2.13. The number of rotatable bonds is 7. The zero-order valence-corrected chi connectivity index (χ0v) is 15.2. The molecule has 0 radical (unpaired) electrons. The Morgan fingerprint density at radius 2 is 1.52 bits per heavy atom. The van der Waals surface area contributed by atoms with Gasteiger partial charge in [-0.05, 0) is 49.3 Å². The van der Waals surface area contributed by atoms with E-state index < -0.39 is 0 Å². The lowest BCUT2D eigenvalue weighted by molar-refractivity contribution is 0.402. The summed E-state index contributed by atoms with van der Waals surface area (Å²) >= 11 is 0. The Morgan fingerprint density at radius 1 is 0.920 bits per heavy atom. The van der Waals surface area contributed by atoms with E-state index in [9.17, 15) is 4.39 Å². The lowest BCUT2D eigenvalue weighted by atomic mass is 10.1. The molecule has 25 heavy (non-hydrogen) atoms. The third-order valence-corrected chi connectivity index (χ3v) is 3.82. The average Bonchev–Trinajstić information content (AvgIpc) is 2.60. The van der Waals surface area contributed by atoms with Gasteiger partial charge in [-0.2, -0.15) is 0 Å². The molecule has 0 saturated carbocycles. The molecule has 0 heterocycles. The topological polar surface area (TPSA) is 39.7 Å². The van der Waals surface area contributed by atoms with Gasteiger partial charge in [-0.1, -0.05) is 36.4 Å². The van der Waals surface area contributed by atoms with Crippen molar-refractivity contribution in [3.63, 3.8) is 0 Å². The van der Waals surface area contributed by atoms with Crippen molar-refractivity contribution in [1.82, 2.24) is 15.5 Å². The van der Waals surface area contributed by atoms with Gasteiger partial charge in [-0.3, -0.25) is 4.99 Å². The van der Waals surface area contributed by atoms with Gasteiger partial charge in [0.15, 0.2) is 5.96 Å². The molecule has 0 aliphatic rings. The molecule has 0 aromatic heterocycles. The predicted octanol–water partition coefficient (Wildman–Crippen LogP) is 2.80. The maximum atomic E-state index is 12.9. The first kappa shape index (κ1) is 18.9. The summed E-state index contributed by atoms with van der Waals surface area (Å²) < 4.78 is 12.9. The highest BCUT2D eigenvalue weighted by Gasteiger charge is 2.00. The van der Waals surface area contributed by atoms with Crippen LogP contribution in [0.3, 0.4) is 0 Å². The van der Waals surface area contributed by atoms with Gasteiger partial charge in [0.25, 0.3) is 0 Å². The van der Waals surface area contributed by atoms with Crippen molar-refractivity contribution in [2.75, 3.05) is 27.7 Å². The first-order valence-electron chi connectivity index (χ1n) is 8.48. The molecule has 4 nitrogen and oxygen atoms in total. The van der Waals surface area contributed by atoms with Crippen LogP contribution >= 0.6 is 0 Å². The summed E-state index contributed by atoms with van der Waals surface area (Å²) in [5, 5.41) is 6.59. The van der Waals surface area contributed by atoms with E-state index in [0.717, 1.165) is 37.6 Å². The van der Waals surface area contributed by atoms with E-state index in [2.05, 4.69) is 58.9 Å². The van der Waals surface area contributed by atoms with Crippen LogP contribution in [0.2, 0.25) is 0 Å². The number of guanidine groups is 1.